The second kappa shape index (κ2) is 4.97. The van der Waals surface area contributed by atoms with Gasteiger partial charge in [0.05, 0.1) is 12.3 Å². The topological polar surface area (TPSA) is 38.2 Å². The first-order valence-corrected chi connectivity index (χ1v) is 5.86. The zero-order valence-corrected chi connectivity index (χ0v) is 10.4. The molecule has 1 aliphatic rings. The largest absolute Gasteiger partial charge is 0.376 e. The number of aryl methyl sites for hydroxylation is 1. The summed E-state index contributed by atoms with van der Waals surface area (Å²) in [4.78, 5) is 10.4. The van der Waals surface area contributed by atoms with Crippen LogP contribution < -0.4 is 4.90 Å². The minimum absolute atomic E-state index is 0.302. The van der Waals surface area contributed by atoms with Gasteiger partial charge in [-0.1, -0.05) is 11.6 Å². The highest BCUT2D eigenvalue weighted by atomic mass is 35.5. The molecular weight excluding hydrogens is 226 g/mol. The van der Waals surface area contributed by atoms with Crippen LogP contribution in [-0.4, -0.2) is 36.3 Å². The summed E-state index contributed by atoms with van der Waals surface area (Å²) in [6.45, 7) is 3.56. The first kappa shape index (κ1) is 11.6. The van der Waals surface area contributed by atoms with Gasteiger partial charge in [-0.15, -0.1) is 0 Å². The van der Waals surface area contributed by atoms with Gasteiger partial charge in [-0.3, -0.25) is 0 Å². The molecule has 0 amide bonds. The molecule has 88 valence electrons. The molecule has 1 aromatic rings. The SMILES string of the molecule is Cc1ncc(Cl)c(N(C)CC2CCCO2)n1. The third-order valence-corrected chi connectivity index (χ3v) is 2.98. The molecule has 16 heavy (non-hydrogen) atoms. The normalized spacial score (nSPS) is 20.1. The molecule has 4 nitrogen and oxygen atoms in total. The second-order valence-electron chi connectivity index (χ2n) is 4.10. The molecule has 1 aromatic heterocycles. The summed E-state index contributed by atoms with van der Waals surface area (Å²) in [6, 6.07) is 0. The zero-order chi connectivity index (χ0) is 11.5. The van der Waals surface area contributed by atoms with Gasteiger partial charge in [-0.25, -0.2) is 9.97 Å². The zero-order valence-electron chi connectivity index (χ0n) is 9.61. The summed E-state index contributed by atoms with van der Waals surface area (Å²) >= 11 is 6.07. The minimum Gasteiger partial charge on any atom is -0.376 e. The Labute approximate surface area is 101 Å². The Hall–Kier alpha value is -0.870. The van der Waals surface area contributed by atoms with Crippen molar-refractivity contribution in [3.63, 3.8) is 0 Å². The number of likely N-dealkylation sites (N-methyl/N-ethyl adjacent to an activating group) is 1. The quantitative estimate of drug-likeness (QED) is 0.812. The van der Waals surface area contributed by atoms with E-state index in [1.165, 1.54) is 0 Å². The fourth-order valence-electron chi connectivity index (χ4n) is 1.89. The van der Waals surface area contributed by atoms with Crippen molar-refractivity contribution >= 4 is 17.4 Å². The third kappa shape index (κ3) is 2.62. The lowest BCUT2D eigenvalue weighted by Crippen LogP contribution is -2.29. The number of hydrogen-bond acceptors (Lipinski definition) is 4. The lowest BCUT2D eigenvalue weighted by Gasteiger charge is -2.22. The van der Waals surface area contributed by atoms with Crippen LogP contribution in [0.2, 0.25) is 5.02 Å². The Morgan fingerprint density at radius 2 is 2.44 bits per heavy atom. The molecule has 2 rings (SSSR count). The summed E-state index contributed by atoms with van der Waals surface area (Å²) in [5, 5.41) is 0.589. The van der Waals surface area contributed by atoms with Gasteiger partial charge >= 0.3 is 0 Å². The molecule has 1 saturated heterocycles. The van der Waals surface area contributed by atoms with Crippen LogP contribution in [-0.2, 0) is 4.74 Å². The van der Waals surface area contributed by atoms with Crippen molar-refractivity contribution in [1.82, 2.24) is 9.97 Å². The maximum atomic E-state index is 6.07. The van der Waals surface area contributed by atoms with Gasteiger partial charge in [0.1, 0.15) is 10.8 Å². The summed E-state index contributed by atoms with van der Waals surface area (Å²) in [6.07, 6.45) is 4.21. The molecule has 1 atom stereocenters. The molecular formula is C11H16ClN3O. The van der Waals surface area contributed by atoms with Crippen LogP contribution in [0.4, 0.5) is 5.82 Å². The van der Waals surface area contributed by atoms with E-state index in [4.69, 9.17) is 16.3 Å². The fraction of sp³-hybridized carbons (Fsp3) is 0.636. The molecule has 2 heterocycles. The van der Waals surface area contributed by atoms with E-state index >= 15 is 0 Å². The Morgan fingerprint density at radius 3 is 3.12 bits per heavy atom. The predicted octanol–water partition coefficient (Wildman–Crippen LogP) is 2.05. The highest BCUT2D eigenvalue weighted by Gasteiger charge is 2.19. The van der Waals surface area contributed by atoms with E-state index in [1.54, 1.807) is 6.20 Å². The van der Waals surface area contributed by atoms with Crippen LogP contribution in [0.5, 0.6) is 0 Å². The molecule has 5 heteroatoms. The first-order valence-electron chi connectivity index (χ1n) is 5.48. The summed E-state index contributed by atoms with van der Waals surface area (Å²) in [5.74, 6) is 1.52. The standard InChI is InChI=1S/C11H16ClN3O/c1-8-13-6-10(12)11(14-8)15(2)7-9-4-3-5-16-9/h6,9H,3-5,7H2,1-2H3. The van der Waals surface area contributed by atoms with Gasteiger partial charge < -0.3 is 9.64 Å². The minimum atomic E-state index is 0.302. The number of nitrogens with zero attached hydrogens (tertiary/aromatic N) is 3. The van der Waals surface area contributed by atoms with Crippen molar-refractivity contribution in [2.75, 3.05) is 25.1 Å². The molecule has 1 aliphatic heterocycles. The van der Waals surface area contributed by atoms with E-state index in [1.807, 2.05) is 18.9 Å². The van der Waals surface area contributed by atoms with Crippen molar-refractivity contribution in [2.24, 2.45) is 0 Å². The van der Waals surface area contributed by atoms with Crippen LogP contribution in [0.15, 0.2) is 6.20 Å². The van der Waals surface area contributed by atoms with Crippen LogP contribution in [0.25, 0.3) is 0 Å². The van der Waals surface area contributed by atoms with Crippen molar-refractivity contribution in [1.29, 1.82) is 0 Å². The van der Waals surface area contributed by atoms with Gasteiger partial charge in [-0.2, -0.15) is 0 Å². The van der Waals surface area contributed by atoms with Gasteiger partial charge in [0.15, 0.2) is 5.82 Å². The summed E-state index contributed by atoms with van der Waals surface area (Å²) < 4.78 is 5.59. The van der Waals surface area contributed by atoms with E-state index in [2.05, 4.69) is 9.97 Å². The van der Waals surface area contributed by atoms with E-state index in [-0.39, 0.29) is 0 Å². The Bertz CT molecular complexity index is 366. The number of anilines is 1. The molecule has 0 N–H and O–H groups in total. The van der Waals surface area contributed by atoms with Crippen molar-refractivity contribution in [3.8, 4) is 0 Å². The number of halogens is 1. The molecule has 0 bridgehead atoms. The molecule has 0 aliphatic carbocycles. The molecule has 1 unspecified atom stereocenters. The Morgan fingerprint density at radius 1 is 1.62 bits per heavy atom. The van der Waals surface area contributed by atoms with E-state index in [0.29, 0.717) is 11.1 Å². The molecule has 0 spiro atoms. The Balaban J connectivity index is 2.07. The Kier molecular flexibility index (Phi) is 3.61. The van der Waals surface area contributed by atoms with Crippen molar-refractivity contribution < 1.29 is 4.74 Å². The van der Waals surface area contributed by atoms with Crippen LogP contribution in [0.1, 0.15) is 18.7 Å². The maximum Gasteiger partial charge on any atom is 0.150 e. The van der Waals surface area contributed by atoms with Crippen LogP contribution in [0, 0.1) is 6.92 Å². The van der Waals surface area contributed by atoms with Gasteiger partial charge in [-0.05, 0) is 19.8 Å². The van der Waals surface area contributed by atoms with Gasteiger partial charge in [0, 0.05) is 20.2 Å². The number of hydrogen-bond donors (Lipinski definition) is 0. The van der Waals surface area contributed by atoms with Crippen LogP contribution in [0.3, 0.4) is 0 Å². The maximum absolute atomic E-state index is 6.07. The predicted molar refractivity (Wildman–Crippen MR) is 64.0 cm³/mol. The highest BCUT2D eigenvalue weighted by molar-refractivity contribution is 6.32. The third-order valence-electron chi connectivity index (χ3n) is 2.71. The number of aromatic nitrogens is 2. The highest BCUT2D eigenvalue weighted by Crippen LogP contribution is 2.23. The van der Waals surface area contributed by atoms with E-state index in [9.17, 15) is 0 Å². The average Bonchev–Trinajstić information content (AvgIpc) is 2.74. The molecule has 1 fully saturated rings. The van der Waals surface area contributed by atoms with Crippen molar-refractivity contribution in [3.05, 3.63) is 17.0 Å². The lowest BCUT2D eigenvalue weighted by atomic mass is 10.2. The lowest BCUT2D eigenvalue weighted by molar-refractivity contribution is 0.116. The number of rotatable bonds is 3. The monoisotopic (exact) mass is 241 g/mol. The second-order valence-corrected chi connectivity index (χ2v) is 4.51. The van der Waals surface area contributed by atoms with Gasteiger partial charge in [0.2, 0.25) is 0 Å². The smallest absolute Gasteiger partial charge is 0.150 e. The van der Waals surface area contributed by atoms with Crippen LogP contribution >= 0.6 is 11.6 Å². The van der Waals surface area contributed by atoms with E-state index < -0.39 is 0 Å². The summed E-state index contributed by atoms with van der Waals surface area (Å²) in [7, 11) is 1.98. The molecule has 0 radical (unpaired) electrons. The average molecular weight is 242 g/mol. The number of ether oxygens (including phenoxy) is 1. The van der Waals surface area contributed by atoms with Crippen molar-refractivity contribution in [2.45, 2.75) is 25.9 Å². The summed E-state index contributed by atoms with van der Waals surface area (Å²) in [5.41, 5.74) is 0. The fourth-order valence-corrected chi connectivity index (χ4v) is 2.13. The first-order chi connectivity index (χ1) is 7.66. The molecule has 0 aromatic carbocycles. The van der Waals surface area contributed by atoms with E-state index in [0.717, 1.165) is 37.6 Å². The molecule has 0 saturated carbocycles. The van der Waals surface area contributed by atoms with Gasteiger partial charge in [0.25, 0.3) is 0 Å².